The normalized spacial score (nSPS) is 14.3. The zero-order chi connectivity index (χ0) is 10.3. The van der Waals surface area contributed by atoms with Crippen LogP contribution in [-0.4, -0.2) is 5.78 Å². The van der Waals surface area contributed by atoms with E-state index >= 15 is 0 Å². The van der Waals surface area contributed by atoms with Crippen LogP contribution in [0.15, 0.2) is 41.0 Å². The number of carbonyl (C=O) groups is 1. The first-order valence-corrected chi connectivity index (χ1v) is 5.05. The standard InChI is InChI=1S/C13H10O2/c14-11-7-6-9-3-1-4-10(13(9)11)12-5-2-8-15-12/h1-5,8H,6-7H2. The lowest BCUT2D eigenvalue weighted by Crippen LogP contribution is -1.94. The highest BCUT2D eigenvalue weighted by Gasteiger charge is 2.23. The van der Waals surface area contributed by atoms with Gasteiger partial charge in [-0.2, -0.15) is 0 Å². The molecule has 0 amide bonds. The molecule has 74 valence electrons. The predicted molar refractivity (Wildman–Crippen MR) is 56.8 cm³/mol. The molecule has 0 radical (unpaired) electrons. The molecule has 0 spiro atoms. The molecule has 2 nitrogen and oxygen atoms in total. The van der Waals surface area contributed by atoms with Crippen LogP contribution in [-0.2, 0) is 6.42 Å². The second kappa shape index (κ2) is 3.09. The molecule has 2 aromatic rings. The molecule has 3 rings (SSSR count). The van der Waals surface area contributed by atoms with Gasteiger partial charge in [-0.05, 0) is 24.1 Å². The van der Waals surface area contributed by atoms with Crippen molar-refractivity contribution >= 4 is 5.78 Å². The van der Waals surface area contributed by atoms with Gasteiger partial charge < -0.3 is 4.42 Å². The van der Waals surface area contributed by atoms with E-state index in [2.05, 4.69) is 0 Å². The minimum atomic E-state index is 0.233. The van der Waals surface area contributed by atoms with E-state index in [4.69, 9.17) is 4.42 Å². The number of hydrogen-bond acceptors (Lipinski definition) is 2. The summed E-state index contributed by atoms with van der Waals surface area (Å²) in [6.45, 7) is 0. The highest BCUT2D eigenvalue weighted by molar-refractivity contribution is 6.05. The van der Waals surface area contributed by atoms with Gasteiger partial charge in [0.05, 0.1) is 6.26 Å². The number of benzene rings is 1. The highest BCUT2D eigenvalue weighted by atomic mass is 16.3. The molecule has 0 saturated heterocycles. The van der Waals surface area contributed by atoms with Crippen molar-refractivity contribution in [1.82, 2.24) is 0 Å². The quantitative estimate of drug-likeness (QED) is 0.704. The summed E-state index contributed by atoms with van der Waals surface area (Å²) in [7, 11) is 0. The van der Waals surface area contributed by atoms with Gasteiger partial charge >= 0.3 is 0 Å². The van der Waals surface area contributed by atoms with Crippen LogP contribution in [0.3, 0.4) is 0 Å². The van der Waals surface area contributed by atoms with Crippen LogP contribution in [0.2, 0.25) is 0 Å². The molecule has 0 fully saturated rings. The zero-order valence-electron chi connectivity index (χ0n) is 8.19. The van der Waals surface area contributed by atoms with Gasteiger partial charge in [0.25, 0.3) is 0 Å². The van der Waals surface area contributed by atoms with Gasteiger partial charge in [-0.25, -0.2) is 0 Å². The molecular weight excluding hydrogens is 188 g/mol. The third-order valence-corrected chi connectivity index (χ3v) is 2.84. The van der Waals surface area contributed by atoms with E-state index in [1.165, 1.54) is 0 Å². The molecule has 0 N–H and O–H groups in total. The van der Waals surface area contributed by atoms with E-state index in [1.807, 2.05) is 30.3 Å². The Morgan fingerprint density at radius 3 is 2.80 bits per heavy atom. The monoisotopic (exact) mass is 198 g/mol. The fraction of sp³-hybridized carbons (Fsp3) is 0.154. The van der Waals surface area contributed by atoms with E-state index in [0.717, 1.165) is 28.9 Å². The van der Waals surface area contributed by atoms with Gasteiger partial charge in [0.2, 0.25) is 0 Å². The molecule has 1 heterocycles. The molecule has 0 atom stereocenters. The molecule has 0 saturated carbocycles. The van der Waals surface area contributed by atoms with E-state index in [1.54, 1.807) is 6.26 Å². The summed E-state index contributed by atoms with van der Waals surface area (Å²) in [6, 6.07) is 9.68. The average molecular weight is 198 g/mol. The van der Waals surface area contributed by atoms with Crippen molar-refractivity contribution in [3.8, 4) is 11.3 Å². The SMILES string of the molecule is O=C1CCc2cccc(-c3ccco3)c21. The molecule has 1 aromatic carbocycles. The van der Waals surface area contributed by atoms with Gasteiger partial charge in [0.15, 0.2) is 5.78 Å². The number of rotatable bonds is 1. The number of Topliss-reactive ketones (excluding diaryl/α,β-unsaturated/α-hetero) is 1. The van der Waals surface area contributed by atoms with Crippen molar-refractivity contribution < 1.29 is 9.21 Å². The van der Waals surface area contributed by atoms with Gasteiger partial charge in [-0.1, -0.05) is 18.2 Å². The maximum absolute atomic E-state index is 11.7. The molecule has 1 aliphatic rings. The number of furan rings is 1. The summed E-state index contributed by atoms with van der Waals surface area (Å²) in [5.74, 6) is 1.01. The third kappa shape index (κ3) is 1.22. The van der Waals surface area contributed by atoms with Crippen molar-refractivity contribution in [2.45, 2.75) is 12.8 Å². The van der Waals surface area contributed by atoms with Crippen molar-refractivity contribution in [2.24, 2.45) is 0 Å². The van der Waals surface area contributed by atoms with E-state index in [-0.39, 0.29) is 5.78 Å². The van der Waals surface area contributed by atoms with Crippen LogP contribution in [0.5, 0.6) is 0 Å². The Kier molecular flexibility index (Phi) is 1.75. The van der Waals surface area contributed by atoms with E-state index in [9.17, 15) is 4.79 Å². The van der Waals surface area contributed by atoms with Gasteiger partial charge in [-0.15, -0.1) is 0 Å². The Bertz CT molecular complexity index is 509. The maximum Gasteiger partial charge on any atom is 0.164 e. The number of fused-ring (bicyclic) bond motifs is 1. The molecule has 0 aliphatic heterocycles. The first-order valence-electron chi connectivity index (χ1n) is 5.05. The Morgan fingerprint density at radius 1 is 1.07 bits per heavy atom. The molecule has 0 bridgehead atoms. The predicted octanol–water partition coefficient (Wildman–Crippen LogP) is 3.08. The van der Waals surface area contributed by atoms with Crippen molar-refractivity contribution in [3.05, 3.63) is 47.7 Å². The van der Waals surface area contributed by atoms with Crippen LogP contribution in [0.25, 0.3) is 11.3 Å². The first-order chi connectivity index (χ1) is 7.36. The summed E-state index contributed by atoms with van der Waals surface area (Å²) in [5.41, 5.74) is 2.93. The van der Waals surface area contributed by atoms with Gasteiger partial charge in [-0.3, -0.25) is 4.79 Å². The third-order valence-electron chi connectivity index (χ3n) is 2.84. The summed E-state index contributed by atoms with van der Waals surface area (Å²) in [4.78, 5) is 11.7. The van der Waals surface area contributed by atoms with Gasteiger partial charge in [0.1, 0.15) is 5.76 Å². The topological polar surface area (TPSA) is 30.2 Å². The minimum Gasteiger partial charge on any atom is -0.464 e. The Labute approximate surface area is 87.5 Å². The second-order valence-corrected chi connectivity index (χ2v) is 3.74. The number of aryl methyl sites for hydroxylation is 1. The van der Waals surface area contributed by atoms with Crippen LogP contribution in [0, 0.1) is 0 Å². The van der Waals surface area contributed by atoms with Crippen LogP contribution < -0.4 is 0 Å². The Morgan fingerprint density at radius 2 is 2.00 bits per heavy atom. The minimum absolute atomic E-state index is 0.233. The van der Waals surface area contributed by atoms with Crippen molar-refractivity contribution in [3.63, 3.8) is 0 Å². The van der Waals surface area contributed by atoms with Gasteiger partial charge in [0, 0.05) is 17.5 Å². The largest absolute Gasteiger partial charge is 0.464 e. The number of carbonyl (C=O) groups excluding carboxylic acids is 1. The second-order valence-electron chi connectivity index (χ2n) is 3.74. The fourth-order valence-corrected chi connectivity index (χ4v) is 2.15. The maximum atomic E-state index is 11.7. The first kappa shape index (κ1) is 8.48. The number of ketones is 1. The Hall–Kier alpha value is -1.83. The molecule has 1 aliphatic carbocycles. The fourth-order valence-electron chi connectivity index (χ4n) is 2.15. The Balaban J connectivity index is 2.26. The van der Waals surface area contributed by atoms with Crippen LogP contribution >= 0.6 is 0 Å². The molecular formula is C13H10O2. The summed E-state index contributed by atoms with van der Waals surface area (Å²) >= 11 is 0. The molecule has 15 heavy (non-hydrogen) atoms. The highest BCUT2D eigenvalue weighted by Crippen LogP contribution is 2.32. The van der Waals surface area contributed by atoms with E-state index < -0.39 is 0 Å². The van der Waals surface area contributed by atoms with Crippen LogP contribution in [0.1, 0.15) is 22.3 Å². The smallest absolute Gasteiger partial charge is 0.164 e. The lowest BCUT2D eigenvalue weighted by Gasteiger charge is -2.03. The van der Waals surface area contributed by atoms with Crippen molar-refractivity contribution in [1.29, 1.82) is 0 Å². The molecule has 1 aromatic heterocycles. The zero-order valence-corrected chi connectivity index (χ0v) is 8.19. The van der Waals surface area contributed by atoms with E-state index in [0.29, 0.717) is 6.42 Å². The van der Waals surface area contributed by atoms with Crippen molar-refractivity contribution in [2.75, 3.05) is 0 Å². The summed E-state index contributed by atoms with van der Waals surface area (Å²) < 4.78 is 5.34. The lowest BCUT2D eigenvalue weighted by atomic mass is 10.0. The van der Waals surface area contributed by atoms with Crippen LogP contribution in [0.4, 0.5) is 0 Å². The molecule has 2 heteroatoms. The summed E-state index contributed by atoms with van der Waals surface area (Å²) in [6.07, 6.45) is 3.13. The average Bonchev–Trinajstić information content (AvgIpc) is 2.88. The molecule has 0 unspecified atom stereocenters. The number of hydrogen-bond donors (Lipinski definition) is 0. The summed E-state index contributed by atoms with van der Waals surface area (Å²) in [5, 5.41) is 0. The lowest BCUT2D eigenvalue weighted by molar-refractivity contribution is 0.0995.